The molecule has 5 heteroatoms. The summed E-state index contributed by atoms with van der Waals surface area (Å²) in [5, 5.41) is 2.67. The van der Waals surface area contributed by atoms with Crippen LogP contribution in [-0.4, -0.2) is 11.9 Å². The topological polar surface area (TPSA) is 55.1 Å². The van der Waals surface area contributed by atoms with Crippen LogP contribution in [0.4, 0.5) is 8.78 Å². The van der Waals surface area contributed by atoms with E-state index < -0.39 is 11.6 Å². The lowest BCUT2D eigenvalue weighted by Gasteiger charge is -2.25. The van der Waals surface area contributed by atoms with Gasteiger partial charge in [-0.3, -0.25) is 4.79 Å². The van der Waals surface area contributed by atoms with Crippen LogP contribution < -0.4 is 11.1 Å². The van der Waals surface area contributed by atoms with E-state index in [0.29, 0.717) is 0 Å². The minimum absolute atomic E-state index is 0.0188. The highest BCUT2D eigenvalue weighted by Crippen LogP contribution is 2.23. The fraction of sp³-hybridized carbons (Fsp3) is 0.500. The molecule has 19 heavy (non-hydrogen) atoms. The second kappa shape index (κ2) is 6.10. The summed E-state index contributed by atoms with van der Waals surface area (Å²) in [6.45, 7) is 0.0188. The zero-order chi connectivity index (χ0) is 13.8. The number of nitrogens with two attached hydrogens (primary N) is 1. The van der Waals surface area contributed by atoms with Crippen molar-refractivity contribution in [2.45, 2.75) is 38.3 Å². The van der Waals surface area contributed by atoms with Gasteiger partial charge in [0.05, 0.1) is 0 Å². The second-order valence-corrected chi connectivity index (χ2v) is 5.07. The fourth-order valence-electron chi connectivity index (χ4n) is 2.39. The monoisotopic (exact) mass is 268 g/mol. The van der Waals surface area contributed by atoms with Gasteiger partial charge >= 0.3 is 0 Å². The molecule has 0 radical (unpaired) electrons. The fourth-order valence-corrected chi connectivity index (χ4v) is 2.39. The van der Waals surface area contributed by atoms with Crippen LogP contribution in [0.15, 0.2) is 18.2 Å². The highest BCUT2D eigenvalue weighted by atomic mass is 19.1. The minimum atomic E-state index is -0.507. The number of hydrogen-bond donors (Lipinski definition) is 2. The molecule has 0 aromatic heterocycles. The van der Waals surface area contributed by atoms with Gasteiger partial charge in [-0.05, 0) is 43.9 Å². The van der Waals surface area contributed by atoms with E-state index in [9.17, 15) is 13.6 Å². The molecule has 0 bridgehead atoms. The molecule has 0 saturated heterocycles. The molecule has 1 aliphatic carbocycles. The number of carbonyl (C=O) groups is 1. The first-order valence-electron chi connectivity index (χ1n) is 6.53. The highest BCUT2D eigenvalue weighted by Gasteiger charge is 2.24. The van der Waals surface area contributed by atoms with E-state index in [1.54, 1.807) is 0 Å². The van der Waals surface area contributed by atoms with Crippen LogP contribution in [0.1, 0.15) is 31.2 Å². The van der Waals surface area contributed by atoms with Gasteiger partial charge in [-0.1, -0.05) is 0 Å². The van der Waals surface area contributed by atoms with Crippen molar-refractivity contribution in [1.29, 1.82) is 0 Å². The number of amides is 1. The summed E-state index contributed by atoms with van der Waals surface area (Å²) in [7, 11) is 0. The predicted octanol–water partition coefficient (Wildman–Crippen LogP) is 2.10. The quantitative estimate of drug-likeness (QED) is 0.882. The van der Waals surface area contributed by atoms with Crippen LogP contribution in [0.3, 0.4) is 0 Å². The number of rotatable bonds is 3. The molecule has 3 N–H and O–H groups in total. The Balaban J connectivity index is 1.88. The molecule has 1 amide bonds. The van der Waals surface area contributed by atoms with Crippen molar-refractivity contribution < 1.29 is 13.6 Å². The molecular weight excluding hydrogens is 250 g/mol. The Morgan fingerprint density at radius 1 is 1.26 bits per heavy atom. The average molecular weight is 268 g/mol. The summed E-state index contributed by atoms with van der Waals surface area (Å²) in [5.74, 6) is -1.17. The molecule has 0 spiro atoms. The van der Waals surface area contributed by atoms with Gasteiger partial charge in [0.25, 0.3) is 0 Å². The molecule has 2 rings (SSSR count). The molecule has 3 nitrogen and oxygen atoms in total. The third-order valence-corrected chi connectivity index (χ3v) is 3.60. The van der Waals surface area contributed by atoms with E-state index in [2.05, 4.69) is 5.32 Å². The zero-order valence-electron chi connectivity index (χ0n) is 10.7. The van der Waals surface area contributed by atoms with Gasteiger partial charge in [-0.2, -0.15) is 0 Å². The molecule has 1 aromatic carbocycles. The summed E-state index contributed by atoms with van der Waals surface area (Å²) in [5.41, 5.74) is 5.94. The van der Waals surface area contributed by atoms with Gasteiger partial charge in [0.15, 0.2) is 0 Å². The normalized spacial score (nSPS) is 23.1. The van der Waals surface area contributed by atoms with Crippen molar-refractivity contribution in [2.24, 2.45) is 11.7 Å². The van der Waals surface area contributed by atoms with Gasteiger partial charge in [0.2, 0.25) is 5.91 Å². The van der Waals surface area contributed by atoms with E-state index in [1.165, 1.54) is 0 Å². The van der Waals surface area contributed by atoms with Crippen molar-refractivity contribution in [1.82, 2.24) is 5.32 Å². The number of nitrogens with one attached hydrogen (secondary N) is 1. The largest absolute Gasteiger partial charge is 0.352 e. The molecule has 1 aromatic rings. The van der Waals surface area contributed by atoms with E-state index in [4.69, 9.17) is 5.73 Å². The standard InChI is InChI=1S/C14H18F2N2O/c15-11-3-6-13(16)10(7-11)8-18-14(19)9-1-4-12(17)5-2-9/h3,6-7,9,12H,1-2,4-5,8,17H2,(H,18,19). The minimum Gasteiger partial charge on any atom is -0.352 e. The number of carbonyl (C=O) groups excluding carboxylic acids is 1. The lowest BCUT2D eigenvalue weighted by atomic mass is 9.86. The van der Waals surface area contributed by atoms with Gasteiger partial charge in [0.1, 0.15) is 11.6 Å². The van der Waals surface area contributed by atoms with Crippen LogP contribution in [0.25, 0.3) is 0 Å². The molecule has 104 valence electrons. The summed E-state index contributed by atoms with van der Waals surface area (Å²) in [4.78, 5) is 11.9. The van der Waals surface area contributed by atoms with Crippen molar-refractivity contribution in [2.75, 3.05) is 0 Å². The number of benzene rings is 1. The molecular formula is C14H18F2N2O. The predicted molar refractivity (Wildman–Crippen MR) is 68.1 cm³/mol. The first kappa shape index (κ1) is 13.9. The lowest BCUT2D eigenvalue weighted by Crippen LogP contribution is -2.36. The molecule has 0 unspecified atom stereocenters. The van der Waals surface area contributed by atoms with Crippen LogP contribution in [0.2, 0.25) is 0 Å². The molecule has 1 saturated carbocycles. The Bertz CT molecular complexity index is 457. The summed E-state index contributed by atoms with van der Waals surface area (Å²) in [6, 6.07) is 3.41. The van der Waals surface area contributed by atoms with E-state index >= 15 is 0 Å². The molecule has 0 aliphatic heterocycles. The van der Waals surface area contributed by atoms with Crippen LogP contribution >= 0.6 is 0 Å². The summed E-state index contributed by atoms with van der Waals surface area (Å²) in [6.07, 6.45) is 3.20. The first-order chi connectivity index (χ1) is 9.06. The van der Waals surface area contributed by atoms with Crippen LogP contribution in [-0.2, 0) is 11.3 Å². The lowest BCUT2D eigenvalue weighted by molar-refractivity contribution is -0.126. The highest BCUT2D eigenvalue weighted by molar-refractivity contribution is 5.78. The third-order valence-electron chi connectivity index (χ3n) is 3.60. The Labute approximate surface area is 111 Å². The maximum atomic E-state index is 13.4. The van der Waals surface area contributed by atoms with Gasteiger partial charge in [-0.15, -0.1) is 0 Å². The van der Waals surface area contributed by atoms with Gasteiger partial charge in [-0.25, -0.2) is 8.78 Å². The van der Waals surface area contributed by atoms with Crippen molar-refractivity contribution in [3.05, 3.63) is 35.4 Å². The second-order valence-electron chi connectivity index (χ2n) is 5.07. The smallest absolute Gasteiger partial charge is 0.223 e. The molecule has 1 aliphatic rings. The third kappa shape index (κ3) is 3.73. The molecule has 0 heterocycles. The van der Waals surface area contributed by atoms with Crippen molar-refractivity contribution in [3.8, 4) is 0 Å². The van der Waals surface area contributed by atoms with Crippen LogP contribution in [0, 0.1) is 17.6 Å². The Hall–Kier alpha value is -1.49. The van der Waals surface area contributed by atoms with E-state index in [1.807, 2.05) is 0 Å². The van der Waals surface area contributed by atoms with E-state index in [0.717, 1.165) is 43.9 Å². The molecule has 1 fully saturated rings. The van der Waals surface area contributed by atoms with Crippen LogP contribution in [0.5, 0.6) is 0 Å². The Morgan fingerprint density at radius 2 is 1.95 bits per heavy atom. The Morgan fingerprint density at radius 3 is 2.63 bits per heavy atom. The van der Waals surface area contributed by atoms with Gasteiger partial charge < -0.3 is 11.1 Å². The van der Waals surface area contributed by atoms with Crippen molar-refractivity contribution >= 4 is 5.91 Å². The maximum absolute atomic E-state index is 13.4. The summed E-state index contributed by atoms with van der Waals surface area (Å²) < 4.78 is 26.4. The molecule has 0 atom stereocenters. The van der Waals surface area contributed by atoms with E-state index in [-0.39, 0.29) is 30.0 Å². The first-order valence-corrected chi connectivity index (χ1v) is 6.53. The number of hydrogen-bond acceptors (Lipinski definition) is 2. The Kier molecular flexibility index (Phi) is 4.47. The maximum Gasteiger partial charge on any atom is 0.223 e. The zero-order valence-corrected chi connectivity index (χ0v) is 10.7. The number of halogens is 2. The summed E-state index contributed by atoms with van der Waals surface area (Å²) >= 11 is 0. The average Bonchev–Trinajstić information content (AvgIpc) is 2.40. The SMILES string of the molecule is NC1CCC(C(=O)NCc2cc(F)ccc2F)CC1. The van der Waals surface area contributed by atoms with Crippen molar-refractivity contribution in [3.63, 3.8) is 0 Å². The van der Waals surface area contributed by atoms with Gasteiger partial charge in [0, 0.05) is 24.1 Å².